The van der Waals surface area contributed by atoms with Crippen LogP contribution in [-0.2, 0) is 0 Å². The number of anilines is 1. The molecule has 0 aromatic carbocycles. The topological polar surface area (TPSA) is 67.3 Å². The highest BCUT2D eigenvalue weighted by Gasteiger charge is 2.05. The van der Waals surface area contributed by atoms with Crippen molar-refractivity contribution in [2.75, 3.05) is 25.6 Å². The summed E-state index contributed by atoms with van der Waals surface area (Å²) < 4.78 is 5.11. The lowest BCUT2D eigenvalue weighted by Gasteiger charge is -2.09. The van der Waals surface area contributed by atoms with Crippen LogP contribution in [-0.4, -0.2) is 35.3 Å². The van der Waals surface area contributed by atoms with Gasteiger partial charge in [-0.15, -0.1) is 0 Å². The largest absolute Gasteiger partial charge is 0.481 e. The summed E-state index contributed by atoms with van der Waals surface area (Å²) >= 11 is 0. The molecule has 5 heteroatoms. The van der Waals surface area contributed by atoms with Crippen molar-refractivity contribution < 1.29 is 9.84 Å². The first kappa shape index (κ1) is 12.7. The predicted octanol–water partition coefficient (Wildman–Crippen LogP) is 1.37. The smallest absolute Gasteiger partial charge is 0.221 e. The summed E-state index contributed by atoms with van der Waals surface area (Å²) in [5, 5.41) is 11.9. The average Bonchev–Trinajstić information content (AvgIpc) is 2.31. The normalized spacial score (nSPS) is 10.2. The minimum atomic E-state index is 0.264. The van der Waals surface area contributed by atoms with E-state index < -0.39 is 0 Å². The van der Waals surface area contributed by atoms with Crippen LogP contribution in [0.25, 0.3) is 0 Å². The van der Waals surface area contributed by atoms with E-state index in [2.05, 4.69) is 15.3 Å². The molecule has 0 bridgehead atoms. The first-order chi connectivity index (χ1) is 7.79. The van der Waals surface area contributed by atoms with Crippen molar-refractivity contribution in [3.63, 3.8) is 0 Å². The summed E-state index contributed by atoms with van der Waals surface area (Å²) in [6.07, 6.45) is 4.38. The van der Waals surface area contributed by atoms with Gasteiger partial charge in [0.2, 0.25) is 5.88 Å². The van der Waals surface area contributed by atoms with Crippen LogP contribution in [0, 0.1) is 6.92 Å². The van der Waals surface area contributed by atoms with Crippen molar-refractivity contribution in [2.45, 2.75) is 26.2 Å². The lowest BCUT2D eigenvalue weighted by atomic mass is 10.2. The number of ether oxygens (including phenoxy) is 1. The number of rotatable bonds is 7. The second-order valence-corrected chi connectivity index (χ2v) is 3.57. The summed E-state index contributed by atoms with van der Waals surface area (Å²) in [6, 6.07) is 0. The van der Waals surface area contributed by atoms with E-state index in [0.717, 1.165) is 37.2 Å². The molecule has 0 atom stereocenters. The van der Waals surface area contributed by atoms with Gasteiger partial charge in [0.25, 0.3) is 0 Å². The molecule has 0 fully saturated rings. The van der Waals surface area contributed by atoms with Crippen LogP contribution < -0.4 is 10.1 Å². The predicted molar refractivity (Wildman–Crippen MR) is 62.7 cm³/mol. The number of nitrogens with zero attached hydrogens (tertiary/aromatic N) is 2. The molecule has 0 aliphatic rings. The van der Waals surface area contributed by atoms with Crippen LogP contribution in [0.5, 0.6) is 5.88 Å². The Morgan fingerprint density at radius 3 is 2.81 bits per heavy atom. The number of methoxy groups -OCH3 is 1. The molecule has 0 amide bonds. The summed E-state index contributed by atoms with van der Waals surface area (Å²) in [6.45, 7) is 3.04. The molecule has 1 rings (SSSR count). The molecule has 16 heavy (non-hydrogen) atoms. The monoisotopic (exact) mass is 225 g/mol. The number of aliphatic hydroxyl groups is 1. The Labute approximate surface area is 95.9 Å². The van der Waals surface area contributed by atoms with Crippen molar-refractivity contribution in [2.24, 2.45) is 0 Å². The van der Waals surface area contributed by atoms with Gasteiger partial charge in [-0.3, -0.25) is 0 Å². The fraction of sp³-hybridized carbons (Fsp3) is 0.636. The molecule has 0 aliphatic carbocycles. The molecule has 5 nitrogen and oxygen atoms in total. The zero-order chi connectivity index (χ0) is 11.8. The minimum Gasteiger partial charge on any atom is -0.481 e. The molecule has 0 saturated heterocycles. The molecule has 0 spiro atoms. The highest BCUT2D eigenvalue weighted by atomic mass is 16.5. The van der Waals surface area contributed by atoms with Crippen LogP contribution >= 0.6 is 0 Å². The van der Waals surface area contributed by atoms with Crippen molar-refractivity contribution in [3.05, 3.63) is 11.9 Å². The fourth-order valence-corrected chi connectivity index (χ4v) is 1.44. The van der Waals surface area contributed by atoms with E-state index in [1.54, 1.807) is 7.11 Å². The molecule has 90 valence electrons. The van der Waals surface area contributed by atoms with Gasteiger partial charge in [0, 0.05) is 13.2 Å². The molecule has 1 aromatic heterocycles. The zero-order valence-corrected chi connectivity index (χ0v) is 9.86. The minimum absolute atomic E-state index is 0.264. The summed E-state index contributed by atoms with van der Waals surface area (Å²) in [5.74, 6) is 1.42. The fourth-order valence-electron chi connectivity index (χ4n) is 1.44. The van der Waals surface area contributed by atoms with Crippen molar-refractivity contribution >= 4 is 5.82 Å². The maximum absolute atomic E-state index is 8.64. The van der Waals surface area contributed by atoms with Gasteiger partial charge < -0.3 is 15.2 Å². The molecular formula is C11H19N3O2. The van der Waals surface area contributed by atoms with E-state index in [4.69, 9.17) is 9.84 Å². The summed E-state index contributed by atoms with van der Waals surface area (Å²) in [5.41, 5.74) is 0.923. The molecule has 0 radical (unpaired) electrons. The summed E-state index contributed by atoms with van der Waals surface area (Å²) in [7, 11) is 1.60. The SMILES string of the molecule is COc1ncnc(NCCCCCO)c1C. The van der Waals surface area contributed by atoms with Gasteiger partial charge in [-0.1, -0.05) is 0 Å². The first-order valence-electron chi connectivity index (χ1n) is 5.50. The third kappa shape index (κ3) is 3.66. The second kappa shape index (κ2) is 7.00. The third-order valence-electron chi connectivity index (χ3n) is 2.36. The third-order valence-corrected chi connectivity index (χ3v) is 2.36. The molecular weight excluding hydrogens is 206 g/mol. The van der Waals surface area contributed by atoms with Gasteiger partial charge in [-0.2, -0.15) is 0 Å². The lowest BCUT2D eigenvalue weighted by molar-refractivity contribution is 0.283. The van der Waals surface area contributed by atoms with Crippen LogP contribution in [0.1, 0.15) is 24.8 Å². The molecule has 0 saturated carbocycles. The van der Waals surface area contributed by atoms with E-state index in [1.165, 1.54) is 6.33 Å². The highest BCUT2D eigenvalue weighted by Crippen LogP contribution is 2.19. The Morgan fingerprint density at radius 1 is 1.31 bits per heavy atom. The van der Waals surface area contributed by atoms with E-state index in [0.29, 0.717) is 5.88 Å². The van der Waals surface area contributed by atoms with Crippen LogP contribution in [0.4, 0.5) is 5.82 Å². The van der Waals surface area contributed by atoms with E-state index >= 15 is 0 Å². The maximum atomic E-state index is 8.64. The number of aromatic nitrogens is 2. The number of hydrogen-bond donors (Lipinski definition) is 2. The van der Waals surface area contributed by atoms with Gasteiger partial charge in [0.05, 0.1) is 12.7 Å². The number of nitrogens with one attached hydrogen (secondary N) is 1. The Bertz CT molecular complexity index is 318. The average molecular weight is 225 g/mol. The Hall–Kier alpha value is -1.36. The van der Waals surface area contributed by atoms with E-state index in [9.17, 15) is 0 Å². The van der Waals surface area contributed by atoms with Crippen molar-refractivity contribution in [3.8, 4) is 5.88 Å². The second-order valence-electron chi connectivity index (χ2n) is 3.57. The van der Waals surface area contributed by atoms with Gasteiger partial charge in [-0.25, -0.2) is 9.97 Å². The van der Waals surface area contributed by atoms with E-state index in [-0.39, 0.29) is 6.61 Å². The maximum Gasteiger partial charge on any atom is 0.221 e. The van der Waals surface area contributed by atoms with Crippen molar-refractivity contribution in [1.29, 1.82) is 0 Å². The number of aliphatic hydroxyl groups excluding tert-OH is 1. The Morgan fingerprint density at radius 2 is 2.12 bits per heavy atom. The molecule has 1 aromatic rings. The zero-order valence-electron chi connectivity index (χ0n) is 9.86. The molecule has 1 heterocycles. The Balaban J connectivity index is 2.41. The van der Waals surface area contributed by atoms with Crippen LogP contribution in [0.15, 0.2) is 6.33 Å². The molecule has 0 unspecified atom stereocenters. The number of hydrogen-bond acceptors (Lipinski definition) is 5. The summed E-state index contributed by atoms with van der Waals surface area (Å²) in [4.78, 5) is 8.16. The molecule has 0 aliphatic heterocycles. The lowest BCUT2D eigenvalue weighted by Crippen LogP contribution is -2.06. The quantitative estimate of drug-likeness (QED) is 0.686. The van der Waals surface area contributed by atoms with E-state index in [1.807, 2.05) is 6.92 Å². The first-order valence-corrected chi connectivity index (χ1v) is 5.50. The van der Waals surface area contributed by atoms with Crippen LogP contribution in [0.3, 0.4) is 0 Å². The Kier molecular flexibility index (Phi) is 5.56. The van der Waals surface area contributed by atoms with Crippen LogP contribution in [0.2, 0.25) is 0 Å². The highest BCUT2D eigenvalue weighted by molar-refractivity contribution is 5.47. The molecule has 2 N–H and O–H groups in total. The van der Waals surface area contributed by atoms with Gasteiger partial charge in [0.1, 0.15) is 12.1 Å². The van der Waals surface area contributed by atoms with Gasteiger partial charge >= 0.3 is 0 Å². The standard InChI is InChI=1S/C11H19N3O2/c1-9-10(12-6-4-3-5-7-15)13-8-14-11(9)16-2/h8,15H,3-7H2,1-2H3,(H,12,13,14). The van der Waals surface area contributed by atoms with Crippen molar-refractivity contribution in [1.82, 2.24) is 9.97 Å². The van der Waals surface area contributed by atoms with Gasteiger partial charge in [-0.05, 0) is 26.2 Å². The van der Waals surface area contributed by atoms with Gasteiger partial charge in [0.15, 0.2) is 0 Å². The number of unbranched alkanes of at least 4 members (excludes halogenated alkanes) is 2.